The summed E-state index contributed by atoms with van der Waals surface area (Å²) in [6.45, 7) is 9.61. The van der Waals surface area contributed by atoms with Crippen LogP contribution < -0.4 is 15.0 Å². The molecule has 1 aliphatic heterocycles. The first kappa shape index (κ1) is 15.8. The van der Waals surface area contributed by atoms with Gasteiger partial charge >= 0.3 is 6.01 Å². The van der Waals surface area contributed by atoms with Gasteiger partial charge in [0.05, 0.1) is 6.61 Å². The molecule has 0 saturated carbocycles. The maximum Gasteiger partial charge on any atom is 0.323 e. The molecule has 0 amide bonds. The number of piperidine rings is 1. The van der Waals surface area contributed by atoms with Gasteiger partial charge in [0.1, 0.15) is 0 Å². The van der Waals surface area contributed by atoms with Crippen molar-refractivity contribution in [3.05, 3.63) is 0 Å². The van der Waals surface area contributed by atoms with Gasteiger partial charge in [-0.15, -0.1) is 0 Å². The fraction of sp³-hybridized carbons (Fsp3) is 0.800. The van der Waals surface area contributed by atoms with Crippen LogP contribution in [0.1, 0.15) is 46.5 Å². The molecule has 0 aliphatic carbocycles. The Kier molecular flexibility index (Phi) is 6.02. The van der Waals surface area contributed by atoms with Gasteiger partial charge in [0.15, 0.2) is 0 Å². The number of nitrogens with one attached hydrogen (secondary N) is 1. The molecule has 118 valence electrons. The monoisotopic (exact) mass is 293 g/mol. The van der Waals surface area contributed by atoms with Gasteiger partial charge in [-0.25, -0.2) is 0 Å². The molecule has 1 aromatic rings. The average Bonchev–Trinajstić information content (AvgIpc) is 2.49. The number of hydrogen-bond donors (Lipinski definition) is 1. The van der Waals surface area contributed by atoms with Crippen molar-refractivity contribution in [3.8, 4) is 6.01 Å². The molecule has 0 bridgehead atoms. The van der Waals surface area contributed by atoms with E-state index in [-0.39, 0.29) is 0 Å². The summed E-state index contributed by atoms with van der Waals surface area (Å²) >= 11 is 0. The van der Waals surface area contributed by atoms with E-state index in [2.05, 4.69) is 32.1 Å². The molecule has 1 aliphatic rings. The van der Waals surface area contributed by atoms with Crippen molar-refractivity contribution in [2.45, 2.75) is 46.5 Å². The lowest BCUT2D eigenvalue weighted by Crippen LogP contribution is -2.35. The summed E-state index contributed by atoms with van der Waals surface area (Å²) in [7, 11) is 0. The van der Waals surface area contributed by atoms with Crippen LogP contribution in [0.4, 0.5) is 11.9 Å². The standard InChI is InChI=1S/C15H27N5O/c1-4-7-12-8-10-20(11-9-12)14-17-13(16-5-2)18-15(19-14)21-6-3/h12H,4-11H2,1-3H3,(H,16,17,18,19). The molecular weight excluding hydrogens is 266 g/mol. The number of rotatable bonds is 7. The van der Waals surface area contributed by atoms with Crippen molar-refractivity contribution in [1.82, 2.24) is 15.0 Å². The van der Waals surface area contributed by atoms with Crippen molar-refractivity contribution in [2.24, 2.45) is 5.92 Å². The van der Waals surface area contributed by atoms with Crippen LogP contribution in [0.5, 0.6) is 6.01 Å². The molecule has 0 radical (unpaired) electrons. The Balaban J connectivity index is 2.07. The average molecular weight is 293 g/mol. The molecule has 1 aromatic heterocycles. The topological polar surface area (TPSA) is 63.2 Å². The maximum absolute atomic E-state index is 5.46. The summed E-state index contributed by atoms with van der Waals surface area (Å²) in [4.78, 5) is 15.5. The molecule has 0 spiro atoms. The highest BCUT2D eigenvalue weighted by atomic mass is 16.5. The Hall–Kier alpha value is -1.59. The van der Waals surface area contributed by atoms with Crippen molar-refractivity contribution in [2.75, 3.05) is 36.5 Å². The van der Waals surface area contributed by atoms with Crippen molar-refractivity contribution in [3.63, 3.8) is 0 Å². The molecule has 0 atom stereocenters. The third-order valence-electron chi connectivity index (χ3n) is 3.81. The predicted octanol–water partition coefficient (Wildman–Crippen LogP) is 2.72. The Bertz CT molecular complexity index is 408. The Morgan fingerprint density at radius 1 is 1.14 bits per heavy atom. The van der Waals surface area contributed by atoms with E-state index in [0.29, 0.717) is 18.6 Å². The zero-order valence-corrected chi connectivity index (χ0v) is 13.4. The highest BCUT2D eigenvalue weighted by molar-refractivity contribution is 5.38. The van der Waals surface area contributed by atoms with E-state index in [9.17, 15) is 0 Å². The number of nitrogens with zero attached hydrogens (tertiary/aromatic N) is 4. The first-order valence-electron chi connectivity index (χ1n) is 8.14. The second-order valence-corrected chi connectivity index (χ2v) is 5.42. The van der Waals surface area contributed by atoms with E-state index < -0.39 is 0 Å². The number of hydrogen-bond acceptors (Lipinski definition) is 6. The molecular formula is C15H27N5O. The van der Waals surface area contributed by atoms with Crippen LogP contribution in [0.3, 0.4) is 0 Å². The van der Waals surface area contributed by atoms with Gasteiger partial charge < -0.3 is 15.0 Å². The van der Waals surface area contributed by atoms with Gasteiger partial charge in [0.25, 0.3) is 0 Å². The van der Waals surface area contributed by atoms with Crippen LogP contribution in [0.15, 0.2) is 0 Å². The molecule has 0 aromatic carbocycles. The quantitative estimate of drug-likeness (QED) is 0.834. The summed E-state index contributed by atoms with van der Waals surface area (Å²) < 4.78 is 5.46. The summed E-state index contributed by atoms with van der Waals surface area (Å²) in [6, 6.07) is 0.411. The largest absolute Gasteiger partial charge is 0.464 e. The van der Waals surface area contributed by atoms with Crippen molar-refractivity contribution < 1.29 is 4.74 Å². The molecule has 6 nitrogen and oxygen atoms in total. The minimum atomic E-state index is 0.411. The number of anilines is 2. The van der Waals surface area contributed by atoms with Crippen LogP contribution in [-0.2, 0) is 0 Å². The van der Waals surface area contributed by atoms with E-state index in [0.717, 1.165) is 31.5 Å². The van der Waals surface area contributed by atoms with Crippen LogP contribution in [-0.4, -0.2) is 41.2 Å². The molecule has 1 N–H and O–H groups in total. The zero-order valence-electron chi connectivity index (χ0n) is 13.4. The van der Waals surface area contributed by atoms with Crippen molar-refractivity contribution >= 4 is 11.9 Å². The highest BCUT2D eigenvalue weighted by Gasteiger charge is 2.21. The molecule has 2 rings (SSSR count). The van der Waals surface area contributed by atoms with Gasteiger partial charge in [0, 0.05) is 19.6 Å². The van der Waals surface area contributed by atoms with Gasteiger partial charge in [-0.2, -0.15) is 15.0 Å². The lowest BCUT2D eigenvalue weighted by Gasteiger charge is -2.32. The Morgan fingerprint density at radius 3 is 2.52 bits per heavy atom. The lowest BCUT2D eigenvalue weighted by atomic mass is 9.93. The summed E-state index contributed by atoms with van der Waals surface area (Å²) in [5, 5.41) is 3.15. The first-order valence-corrected chi connectivity index (χ1v) is 8.14. The van der Waals surface area contributed by atoms with Crippen LogP contribution in [0.25, 0.3) is 0 Å². The second-order valence-electron chi connectivity index (χ2n) is 5.42. The van der Waals surface area contributed by atoms with E-state index in [4.69, 9.17) is 4.74 Å². The number of aromatic nitrogens is 3. The normalized spacial score (nSPS) is 16.0. The SMILES string of the molecule is CCCC1CCN(c2nc(NCC)nc(OCC)n2)CC1. The fourth-order valence-corrected chi connectivity index (χ4v) is 2.75. The molecule has 1 fully saturated rings. The Morgan fingerprint density at radius 2 is 1.90 bits per heavy atom. The zero-order chi connectivity index (χ0) is 15.1. The molecule has 6 heteroatoms. The van der Waals surface area contributed by atoms with Crippen molar-refractivity contribution in [1.29, 1.82) is 0 Å². The lowest BCUT2D eigenvalue weighted by molar-refractivity contribution is 0.311. The van der Waals surface area contributed by atoms with Gasteiger partial charge in [0.2, 0.25) is 11.9 Å². The summed E-state index contributed by atoms with van der Waals surface area (Å²) in [5.41, 5.74) is 0. The maximum atomic E-state index is 5.46. The number of ether oxygens (including phenoxy) is 1. The van der Waals surface area contributed by atoms with E-state index in [1.54, 1.807) is 0 Å². The van der Waals surface area contributed by atoms with E-state index >= 15 is 0 Å². The predicted molar refractivity (Wildman–Crippen MR) is 85.0 cm³/mol. The van der Waals surface area contributed by atoms with Crippen LogP contribution in [0, 0.1) is 5.92 Å². The first-order chi connectivity index (χ1) is 10.3. The molecule has 0 unspecified atom stereocenters. The van der Waals surface area contributed by atoms with E-state index in [1.165, 1.54) is 25.7 Å². The minimum Gasteiger partial charge on any atom is -0.464 e. The van der Waals surface area contributed by atoms with Crippen LogP contribution >= 0.6 is 0 Å². The van der Waals surface area contributed by atoms with Gasteiger partial charge in [-0.05, 0) is 32.6 Å². The summed E-state index contributed by atoms with van der Waals surface area (Å²) in [6.07, 6.45) is 5.05. The van der Waals surface area contributed by atoms with Crippen LogP contribution in [0.2, 0.25) is 0 Å². The fourth-order valence-electron chi connectivity index (χ4n) is 2.75. The smallest absolute Gasteiger partial charge is 0.323 e. The third kappa shape index (κ3) is 4.44. The highest BCUT2D eigenvalue weighted by Crippen LogP contribution is 2.25. The third-order valence-corrected chi connectivity index (χ3v) is 3.81. The molecule has 1 saturated heterocycles. The summed E-state index contributed by atoms with van der Waals surface area (Å²) in [5.74, 6) is 2.19. The van der Waals surface area contributed by atoms with Gasteiger partial charge in [-0.3, -0.25) is 0 Å². The second kappa shape index (κ2) is 8.00. The molecule has 21 heavy (non-hydrogen) atoms. The minimum absolute atomic E-state index is 0.411. The Labute approximate surface area is 127 Å². The van der Waals surface area contributed by atoms with E-state index in [1.807, 2.05) is 13.8 Å². The van der Waals surface area contributed by atoms with Gasteiger partial charge in [-0.1, -0.05) is 19.8 Å². The molecule has 2 heterocycles.